The topological polar surface area (TPSA) is 125 Å². The lowest BCUT2D eigenvalue weighted by atomic mass is 10.1. The van der Waals surface area contributed by atoms with Crippen LogP contribution in [0.2, 0.25) is 0 Å². The van der Waals surface area contributed by atoms with Gasteiger partial charge in [-0.2, -0.15) is 9.98 Å². The molecule has 2 aromatic rings. The first-order chi connectivity index (χ1) is 13.7. The normalized spacial score (nSPS) is 12.1. The zero-order valence-corrected chi connectivity index (χ0v) is 16.8. The molecule has 0 spiro atoms. The van der Waals surface area contributed by atoms with E-state index in [9.17, 15) is 18.0 Å². The minimum atomic E-state index is -3.93. The predicted molar refractivity (Wildman–Crippen MR) is 106 cm³/mol. The van der Waals surface area contributed by atoms with Crippen molar-refractivity contribution >= 4 is 27.6 Å². The molecule has 0 aliphatic heterocycles. The van der Waals surface area contributed by atoms with Gasteiger partial charge in [0.2, 0.25) is 10.0 Å². The standard InChI is InChI=1S/C20H21N3O5S/c1-14(2)19(23-29(26,27)16-9-4-3-5-10-16)20(25)28-13-18(24)22-17-11-7-6-8-15(17)12-21/h3-11,14,19,23H,13H2,1-2H3,(H,22,24)/t19-/m1/s1. The highest BCUT2D eigenvalue weighted by atomic mass is 32.2. The first kappa shape index (κ1) is 22.1. The fourth-order valence-corrected chi connectivity index (χ4v) is 3.75. The van der Waals surface area contributed by atoms with Crippen LogP contribution in [0.1, 0.15) is 19.4 Å². The highest BCUT2D eigenvalue weighted by Crippen LogP contribution is 2.14. The number of ether oxygens (including phenoxy) is 1. The third-order valence-electron chi connectivity index (χ3n) is 3.92. The van der Waals surface area contributed by atoms with Crippen molar-refractivity contribution in [2.24, 2.45) is 5.92 Å². The van der Waals surface area contributed by atoms with Gasteiger partial charge in [0.25, 0.3) is 5.91 Å². The first-order valence-electron chi connectivity index (χ1n) is 8.77. The highest BCUT2D eigenvalue weighted by molar-refractivity contribution is 7.89. The number of nitrogens with one attached hydrogen (secondary N) is 2. The van der Waals surface area contributed by atoms with Crippen LogP contribution in [0.25, 0.3) is 0 Å². The molecule has 1 amide bonds. The Labute approximate surface area is 169 Å². The minimum absolute atomic E-state index is 0.0179. The van der Waals surface area contributed by atoms with E-state index in [0.717, 1.165) is 0 Å². The largest absolute Gasteiger partial charge is 0.454 e. The summed E-state index contributed by atoms with van der Waals surface area (Å²) >= 11 is 0. The molecule has 0 radical (unpaired) electrons. The molecule has 2 aromatic carbocycles. The van der Waals surface area contributed by atoms with Crippen molar-refractivity contribution in [2.45, 2.75) is 24.8 Å². The Morgan fingerprint density at radius 2 is 1.69 bits per heavy atom. The van der Waals surface area contributed by atoms with Crippen molar-refractivity contribution in [1.29, 1.82) is 5.26 Å². The SMILES string of the molecule is CC(C)[C@@H](NS(=O)(=O)c1ccccc1)C(=O)OCC(=O)Nc1ccccc1C#N. The second-order valence-corrected chi connectivity index (χ2v) is 8.18. The molecule has 0 aromatic heterocycles. The Morgan fingerprint density at radius 3 is 2.31 bits per heavy atom. The summed E-state index contributed by atoms with van der Waals surface area (Å²) in [6.07, 6.45) is 0. The molecular formula is C20H21N3O5S. The summed E-state index contributed by atoms with van der Waals surface area (Å²) in [7, 11) is -3.93. The van der Waals surface area contributed by atoms with Gasteiger partial charge in [0.15, 0.2) is 6.61 Å². The summed E-state index contributed by atoms with van der Waals surface area (Å²) in [5, 5.41) is 11.5. The van der Waals surface area contributed by atoms with Gasteiger partial charge in [-0.25, -0.2) is 8.42 Å². The number of anilines is 1. The number of rotatable bonds is 8. The molecule has 29 heavy (non-hydrogen) atoms. The van der Waals surface area contributed by atoms with Gasteiger partial charge in [-0.15, -0.1) is 0 Å². The van der Waals surface area contributed by atoms with E-state index in [0.29, 0.717) is 5.69 Å². The summed E-state index contributed by atoms with van der Waals surface area (Å²) in [5.41, 5.74) is 0.559. The van der Waals surface area contributed by atoms with Crippen LogP contribution in [-0.2, 0) is 24.3 Å². The van der Waals surface area contributed by atoms with Crippen LogP contribution in [0, 0.1) is 17.2 Å². The fourth-order valence-electron chi connectivity index (χ4n) is 2.39. The van der Waals surface area contributed by atoms with Gasteiger partial charge in [-0.1, -0.05) is 44.2 Å². The zero-order chi connectivity index (χ0) is 21.4. The minimum Gasteiger partial charge on any atom is -0.454 e. The van der Waals surface area contributed by atoms with Gasteiger partial charge < -0.3 is 10.1 Å². The quantitative estimate of drug-likeness (QED) is 0.636. The lowest BCUT2D eigenvalue weighted by Gasteiger charge is -2.20. The van der Waals surface area contributed by atoms with E-state index in [-0.39, 0.29) is 10.5 Å². The second-order valence-electron chi connectivity index (χ2n) is 6.47. The summed E-state index contributed by atoms with van der Waals surface area (Å²) in [6, 6.07) is 14.8. The van der Waals surface area contributed by atoms with Crippen LogP contribution in [-0.4, -0.2) is 32.9 Å². The lowest BCUT2D eigenvalue weighted by molar-refractivity contribution is -0.150. The lowest BCUT2D eigenvalue weighted by Crippen LogP contribution is -2.45. The Morgan fingerprint density at radius 1 is 1.07 bits per heavy atom. The van der Waals surface area contributed by atoms with Crippen LogP contribution in [0.3, 0.4) is 0 Å². The molecule has 0 fully saturated rings. The number of para-hydroxylation sites is 1. The predicted octanol–water partition coefficient (Wildman–Crippen LogP) is 2.04. The summed E-state index contributed by atoms with van der Waals surface area (Å²) in [4.78, 5) is 24.5. The van der Waals surface area contributed by atoms with Gasteiger partial charge in [0, 0.05) is 0 Å². The van der Waals surface area contributed by atoms with Crippen LogP contribution in [0.5, 0.6) is 0 Å². The van der Waals surface area contributed by atoms with E-state index in [4.69, 9.17) is 10.00 Å². The average molecular weight is 415 g/mol. The van der Waals surface area contributed by atoms with Gasteiger partial charge >= 0.3 is 5.97 Å². The molecule has 0 saturated heterocycles. The molecule has 2 N–H and O–H groups in total. The van der Waals surface area contributed by atoms with Gasteiger partial charge in [0.1, 0.15) is 12.1 Å². The molecule has 0 saturated carbocycles. The van der Waals surface area contributed by atoms with Crippen LogP contribution in [0.15, 0.2) is 59.5 Å². The van der Waals surface area contributed by atoms with E-state index in [1.54, 1.807) is 50.2 Å². The highest BCUT2D eigenvalue weighted by Gasteiger charge is 2.30. The first-order valence-corrected chi connectivity index (χ1v) is 10.3. The monoisotopic (exact) mass is 415 g/mol. The molecule has 0 aliphatic rings. The Hall–Kier alpha value is -3.22. The van der Waals surface area contributed by atoms with Crippen LogP contribution < -0.4 is 10.0 Å². The van der Waals surface area contributed by atoms with E-state index in [1.807, 2.05) is 6.07 Å². The second kappa shape index (κ2) is 9.82. The summed E-state index contributed by atoms with van der Waals surface area (Å²) in [5.74, 6) is -1.93. The van der Waals surface area contributed by atoms with E-state index >= 15 is 0 Å². The number of benzene rings is 2. The van der Waals surface area contributed by atoms with Crippen molar-refractivity contribution in [1.82, 2.24) is 4.72 Å². The molecule has 9 heteroatoms. The molecular weight excluding hydrogens is 394 g/mol. The molecule has 0 heterocycles. The van der Waals surface area contributed by atoms with E-state index < -0.39 is 40.5 Å². The van der Waals surface area contributed by atoms with Crippen molar-refractivity contribution in [2.75, 3.05) is 11.9 Å². The number of esters is 1. The number of carbonyl (C=O) groups excluding carboxylic acids is 2. The number of nitrogens with zero attached hydrogens (tertiary/aromatic N) is 1. The van der Waals surface area contributed by atoms with Crippen molar-refractivity contribution in [3.05, 3.63) is 60.2 Å². The third kappa shape index (κ3) is 6.14. The Kier molecular flexibility index (Phi) is 7.47. The molecule has 8 nitrogen and oxygen atoms in total. The molecule has 0 aliphatic carbocycles. The number of amides is 1. The average Bonchev–Trinajstić information content (AvgIpc) is 2.71. The molecule has 2 rings (SSSR count). The smallest absolute Gasteiger partial charge is 0.324 e. The van der Waals surface area contributed by atoms with Crippen molar-refractivity contribution < 1.29 is 22.7 Å². The third-order valence-corrected chi connectivity index (χ3v) is 5.38. The van der Waals surface area contributed by atoms with E-state index in [1.165, 1.54) is 18.2 Å². The fraction of sp³-hybridized carbons (Fsp3) is 0.250. The molecule has 1 atom stereocenters. The molecule has 0 unspecified atom stereocenters. The molecule has 152 valence electrons. The number of hydrogen-bond donors (Lipinski definition) is 2. The van der Waals surface area contributed by atoms with Gasteiger partial charge in [-0.05, 0) is 30.2 Å². The van der Waals surface area contributed by atoms with Crippen molar-refractivity contribution in [3.8, 4) is 6.07 Å². The number of carbonyl (C=O) groups is 2. The number of hydrogen-bond acceptors (Lipinski definition) is 6. The van der Waals surface area contributed by atoms with Crippen molar-refractivity contribution in [3.63, 3.8) is 0 Å². The maximum atomic E-state index is 12.5. The van der Waals surface area contributed by atoms with Gasteiger partial charge in [0.05, 0.1) is 16.1 Å². The Bertz CT molecular complexity index is 1010. The van der Waals surface area contributed by atoms with E-state index in [2.05, 4.69) is 10.0 Å². The number of sulfonamides is 1. The summed E-state index contributed by atoms with van der Waals surface area (Å²) < 4.78 is 32.3. The molecule has 0 bridgehead atoms. The maximum Gasteiger partial charge on any atom is 0.324 e. The van der Waals surface area contributed by atoms with Gasteiger partial charge in [-0.3, -0.25) is 9.59 Å². The van der Waals surface area contributed by atoms with Crippen LogP contribution >= 0.6 is 0 Å². The Balaban J connectivity index is 2.01. The maximum absolute atomic E-state index is 12.5. The van der Waals surface area contributed by atoms with Crippen LogP contribution in [0.4, 0.5) is 5.69 Å². The zero-order valence-electron chi connectivity index (χ0n) is 16.0. The number of nitriles is 1. The summed E-state index contributed by atoms with van der Waals surface area (Å²) in [6.45, 7) is 2.69.